The van der Waals surface area contributed by atoms with Crippen LogP contribution in [0.4, 0.5) is 0 Å². The third-order valence-electron chi connectivity index (χ3n) is 2.56. The van der Waals surface area contributed by atoms with Crippen LogP contribution in [0, 0.1) is 11.8 Å². The molecular weight excluding hydrogens is 132 g/mol. The van der Waals surface area contributed by atoms with Crippen LogP contribution >= 0.6 is 0 Å². The van der Waals surface area contributed by atoms with Crippen molar-refractivity contribution in [2.24, 2.45) is 11.8 Å². The standard InChI is InChI=1S/C11H18/c1-8(2)11-6-5-9(3)7-10(11)4/h7-8,11H,4-6H2,1-3H3. The van der Waals surface area contributed by atoms with Gasteiger partial charge in [0.2, 0.25) is 0 Å². The molecule has 1 aliphatic carbocycles. The Morgan fingerprint density at radius 1 is 1.55 bits per heavy atom. The lowest BCUT2D eigenvalue weighted by molar-refractivity contribution is 0.413. The number of hydrogen-bond acceptors (Lipinski definition) is 0. The molecule has 0 amide bonds. The van der Waals surface area contributed by atoms with Crippen molar-refractivity contribution in [3.63, 3.8) is 0 Å². The Kier molecular flexibility index (Phi) is 2.53. The Labute approximate surface area is 70.0 Å². The van der Waals surface area contributed by atoms with Crippen molar-refractivity contribution in [3.05, 3.63) is 23.8 Å². The maximum atomic E-state index is 4.09. The van der Waals surface area contributed by atoms with E-state index in [-0.39, 0.29) is 0 Å². The molecule has 0 aromatic heterocycles. The summed E-state index contributed by atoms with van der Waals surface area (Å²) in [7, 11) is 0. The van der Waals surface area contributed by atoms with Crippen molar-refractivity contribution in [1.29, 1.82) is 0 Å². The minimum atomic E-state index is 0.735. The van der Waals surface area contributed by atoms with Gasteiger partial charge in [-0.1, -0.05) is 37.6 Å². The lowest BCUT2D eigenvalue weighted by Crippen LogP contribution is -2.13. The summed E-state index contributed by atoms with van der Waals surface area (Å²) in [5.41, 5.74) is 2.83. The molecule has 0 heteroatoms. The predicted molar refractivity (Wildman–Crippen MR) is 50.5 cm³/mol. The topological polar surface area (TPSA) is 0 Å². The van der Waals surface area contributed by atoms with Crippen LogP contribution in [0.25, 0.3) is 0 Å². The zero-order chi connectivity index (χ0) is 8.43. The molecule has 0 heterocycles. The van der Waals surface area contributed by atoms with Crippen molar-refractivity contribution >= 4 is 0 Å². The van der Waals surface area contributed by atoms with Crippen molar-refractivity contribution in [1.82, 2.24) is 0 Å². The van der Waals surface area contributed by atoms with Crippen LogP contribution in [0.3, 0.4) is 0 Å². The van der Waals surface area contributed by atoms with E-state index < -0.39 is 0 Å². The second-order valence-corrected chi connectivity index (χ2v) is 3.95. The first kappa shape index (κ1) is 8.58. The van der Waals surface area contributed by atoms with Crippen LogP contribution in [-0.2, 0) is 0 Å². The van der Waals surface area contributed by atoms with Gasteiger partial charge in [0.05, 0.1) is 0 Å². The van der Waals surface area contributed by atoms with Crippen LogP contribution in [0.1, 0.15) is 33.6 Å². The molecule has 0 N–H and O–H groups in total. The highest BCUT2D eigenvalue weighted by molar-refractivity contribution is 5.26. The Hall–Kier alpha value is -0.520. The van der Waals surface area contributed by atoms with E-state index in [9.17, 15) is 0 Å². The van der Waals surface area contributed by atoms with E-state index in [1.54, 1.807) is 0 Å². The summed E-state index contributed by atoms with van der Waals surface area (Å²) in [5.74, 6) is 1.49. The first-order valence-electron chi connectivity index (χ1n) is 4.47. The minimum Gasteiger partial charge on any atom is -0.0955 e. The van der Waals surface area contributed by atoms with E-state index >= 15 is 0 Å². The van der Waals surface area contributed by atoms with Gasteiger partial charge in [-0.15, -0.1) is 0 Å². The molecule has 0 bridgehead atoms. The molecule has 1 aliphatic rings. The Morgan fingerprint density at radius 3 is 2.64 bits per heavy atom. The largest absolute Gasteiger partial charge is 0.0955 e. The third kappa shape index (κ3) is 1.95. The molecule has 0 aromatic rings. The fourth-order valence-electron chi connectivity index (χ4n) is 1.83. The van der Waals surface area contributed by atoms with E-state index in [1.165, 1.54) is 24.0 Å². The summed E-state index contributed by atoms with van der Waals surface area (Å²) in [6.45, 7) is 10.9. The van der Waals surface area contributed by atoms with Gasteiger partial charge in [0, 0.05) is 0 Å². The van der Waals surface area contributed by atoms with E-state index in [0.717, 1.165) is 11.8 Å². The molecule has 11 heavy (non-hydrogen) atoms. The maximum absolute atomic E-state index is 4.09. The third-order valence-corrected chi connectivity index (χ3v) is 2.56. The van der Waals surface area contributed by atoms with E-state index in [2.05, 4.69) is 33.4 Å². The van der Waals surface area contributed by atoms with Crippen LogP contribution in [0.5, 0.6) is 0 Å². The van der Waals surface area contributed by atoms with Gasteiger partial charge < -0.3 is 0 Å². The molecule has 0 saturated heterocycles. The second-order valence-electron chi connectivity index (χ2n) is 3.95. The van der Waals surface area contributed by atoms with Crippen molar-refractivity contribution < 1.29 is 0 Å². The second kappa shape index (κ2) is 3.25. The number of rotatable bonds is 1. The Morgan fingerprint density at radius 2 is 2.18 bits per heavy atom. The molecule has 0 nitrogen and oxygen atoms in total. The molecule has 62 valence electrons. The average molecular weight is 150 g/mol. The quantitative estimate of drug-likeness (QED) is 0.536. The van der Waals surface area contributed by atoms with E-state index in [4.69, 9.17) is 0 Å². The highest BCUT2D eigenvalue weighted by Gasteiger charge is 2.18. The molecule has 1 rings (SSSR count). The van der Waals surface area contributed by atoms with Crippen LogP contribution in [-0.4, -0.2) is 0 Å². The lowest BCUT2D eigenvalue weighted by Gasteiger charge is -2.26. The van der Waals surface area contributed by atoms with Gasteiger partial charge in [0.1, 0.15) is 0 Å². The van der Waals surface area contributed by atoms with Crippen LogP contribution < -0.4 is 0 Å². The summed E-state index contributed by atoms with van der Waals surface area (Å²) >= 11 is 0. The summed E-state index contributed by atoms with van der Waals surface area (Å²) in [4.78, 5) is 0. The number of allylic oxidation sites excluding steroid dienone is 3. The first-order valence-corrected chi connectivity index (χ1v) is 4.47. The maximum Gasteiger partial charge on any atom is -0.0142 e. The Bertz CT molecular complexity index is 184. The lowest BCUT2D eigenvalue weighted by atomic mass is 9.80. The van der Waals surface area contributed by atoms with Crippen LogP contribution in [0.2, 0.25) is 0 Å². The normalized spacial score (nSPS) is 25.6. The van der Waals surface area contributed by atoms with Gasteiger partial charge in [-0.25, -0.2) is 0 Å². The average Bonchev–Trinajstić information content (AvgIpc) is 1.85. The van der Waals surface area contributed by atoms with Crippen LogP contribution in [0.15, 0.2) is 23.8 Å². The molecular formula is C11H18. The first-order chi connectivity index (χ1) is 5.11. The molecule has 0 aliphatic heterocycles. The smallest absolute Gasteiger partial charge is 0.0142 e. The molecule has 0 spiro atoms. The predicted octanol–water partition coefficient (Wildman–Crippen LogP) is 3.55. The fraction of sp³-hybridized carbons (Fsp3) is 0.636. The molecule has 0 aromatic carbocycles. The number of hydrogen-bond donors (Lipinski definition) is 0. The van der Waals surface area contributed by atoms with Gasteiger partial charge in [-0.05, 0) is 31.6 Å². The van der Waals surface area contributed by atoms with Gasteiger partial charge in [0.25, 0.3) is 0 Å². The zero-order valence-corrected chi connectivity index (χ0v) is 7.85. The Balaban J connectivity index is 2.68. The molecule has 0 saturated carbocycles. The van der Waals surface area contributed by atoms with Gasteiger partial charge in [-0.3, -0.25) is 0 Å². The van der Waals surface area contributed by atoms with Crippen molar-refractivity contribution in [2.45, 2.75) is 33.6 Å². The SMILES string of the molecule is C=C1C=C(C)CCC1C(C)C. The van der Waals surface area contributed by atoms with Gasteiger partial charge >= 0.3 is 0 Å². The van der Waals surface area contributed by atoms with Gasteiger partial charge in [0.15, 0.2) is 0 Å². The summed E-state index contributed by atoms with van der Waals surface area (Å²) in [6, 6.07) is 0. The summed E-state index contributed by atoms with van der Waals surface area (Å²) < 4.78 is 0. The van der Waals surface area contributed by atoms with Crippen molar-refractivity contribution in [3.8, 4) is 0 Å². The molecule has 0 fully saturated rings. The summed E-state index contributed by atoms with van der Waals surface area (Å²) in [6.07, 6.45) is 4.83. The highest BCUT2D eigenvalue weighted by atomic mass is 14.2. The molecule has 1 atom stereocenters. The zero-order valence-electron chi connectivity index (χ0n) is 7.85. The van der Waals surface area contributed by atoms with E-state index in [1.807, 2.05) is 0 Å². The molecule has 1 unspecified atom stereocenters. The summed E-state index contributed by atoms with van der Waals surface area (Å²) in [5, 5.41) is 0. The highest BCUT2D eigenvalue weighted by Crippen LogP contribution is 2.31. The van der Waals surface area contributed by atoms with E-state index in [0.29, 0.717) is 0 Å². The van der Waals surface area contributed by atoms with Gasteiger partial charge in [-0.2, -0.15) is 0 Å². The fourth-order valence-corrected chi connectivity index (χ4v) is 1.83. The minimum absolute atomic E-state index is 0.735. The molecule has 0 radical (unpaired) electrons. The van der Waals surface area contributed by atoms with Crippen molar-refractivity contribution in [2.75, 3.05) is 0 Å². The monoisotopic (exact) mass is 150 g/mol.